The molecule has 0 bridgehead atoms. The summed E-state index contributed by atoms with van der Waals surface area (Å²) in [6.07, 6.45) is 3.90. The molecule has 0 aliphatic heterocycles. The third-order valence-corrected chi connectivity index (χ3v) is 4.65. The zero-order valence-corrected chi connectivity index (χ0v) is 13.5. The first kappa shape index (κ1) is 14.9. The molecule has 1 saturated carbocycles. The maximum absolute atomic E-state index is 14.1. The second-order valence-electron chi connectivity index (χ2n) is 4.96. The van der Waals surface area contributed by atoms with Gasteiger partial charge in [0, 0.05) is 23.3 Å². The van der Waals surface area contributed by atoms with Crippen LogP contribution in [0.1, 0.15) is 18.4 Å². The van der Waals surface area contributed by atoms with Crippen molar-refractivity contribution >= 4 is 27.7 Å². The Morgan fingerprint density at radius 2 is 1.95 bits per heavy atom. The molecule has 21 heavy (non-hydrogen) atoms. The molecular weight excluding hydrogens is 358 g/mol. The summed E-state index contributed by atoms with van der Waals surface area (Å²) in [7, 11) is 0. The van der Waals surface area contributed by atoms with Crippen LogP contribution in [0.25, 0.3) is 0 Å². The van der Waals surface area contributed by atoms with Crippen LogP contribution in [0.2, 0.25) is 0 Å². The van der Waals surface area contributed by atoms with E-state index in [1.165, 1.54) is 12.1 Å². The van der Waals surface area contributed by atoms with Crippen molar-refractivity contribution in [2.75, 3.05) is 0 Å². The third-order valence-electron chi connectivity index (χ3n) is 3.14. The lowest BCUT2D eigenvalue weighted by Gasteiger charge is -2.08. The first-order valence-electron chi connectivity index (χ1n) is 6.62. The fourth-order valence-electron chi connectivity index (χ4n) is 1.89. The van der Waals surface area contributed by atoms with Crippen molar-refractivity contribution in [1.82, 2.24) is 10.3 Å². The SMILES string of the molecule is Fc1cc(CNC2CC2)cc(F)c1Sc1ccc(Br)cn1. The molecule has 1 aliphatic carbocycles. The summed E-state index contributed by atoms with van der Waals surface area (Å²) in [5.74, 6) is -1.09. The molecule has 0 radical (unpaired) electrons. The Morgan fingerprint density at radius 3 is 2.52 bits per heavy atom. The molecule has 3 rings (SSSR count). The Bertz CT molecular complexity index is 622. The smallest absolute Gasteiger partial charge is 0.140 e. The highest BCUT2D eigenvalue weighted by atomic mass is 79.9. The predicted octanol–water partition coefficient (Wildman–Crippen LogP) is 4.53. The number of halogens is 3. The number of pyridine rings is 1. The van der Waals surface area contributed by atoms with E-state index in [9.17, 15) is 8.78 Å². The highest BCUT2D eigenvalue weighted by Gasteiger charge is 2.20. The molecular formula is C15H13BrF2N2S. The minimum Gasteiger partial charge on any atom is -0.310 e. The summed E-state index contributed by atoms with van der Waals surface area (Å²) >= 11 is 4.27. The molecule has 1 aliphatic rings. The number of rotatable bonds is 5. The van der Waals surface area contributed by atoms with Crippen molar-refractivity contribution in [3.8, 4) is 0 Å². The van der Waals surface area contributed by atoms with Crippen LogP contribution in [0.5, 0.6) is 0 Å². The molecule has 1 aromatic heterocycles. The number of hydrogen-bond donors (Lipinski definition) is 1. The van der Waals surface area contributed by atoms with E-state index in [1.54, 1.807) is 18.3 Å². The minimum absolute atomic E-state index is 0.0139. The van der Waals surface area contributed by atoms with Gasteiger partial charge < -0.3 is 5.32 Å². The highest BCUT2D eigenvalue weighted by molar-refractivity contribution is 9.10. The van der Waals surface area contributed by atoms with Crippen molar-refractivity contribution in [1.29, 1.82) is 0 Å². The van der Waals surface area contributed by atoms with E-state index in [0.717, 1.165) is 29.1 Å². The lowest BCUT2D eigenvalue weighted by molar-refractivity contribution is 0.534. The lowest BCUT2D eigenvalue weighted by atomic mass is 10.2. The van der Waals surface area contributed by atoms with E-state index in [2.05, 4.69) is 26.2 Å². The van der Waals surface area contributed by atoms with Gasteiger partial charge in [-0.05, 0) is 58.6 Å². The van der Waals surface area contributed by atoms with Crippen LogP contribution in [0.4, 0.5) is 8.78 Å². The van der Waals surface area contributed by atoms with Crippen LogP contribution < -0.4 is 5.32 Å². The van der Waals surface area contributed by atoms with Gasteiger partial charge in [-0.2, -0.15) is 0 Å². The normalized spacial score (nSPS) is 14.4. The number of hydrogen-bond acceptors (Lipinski definition) is 3. The summed E-state index contributed by atoms with van der Waals surface area (Å²) in [6.45, 7) is 0.500. The number of benzene rings is 1. The van der Waals surface area contributed by atoms with E-state index in [4.69, 9.17) is 0 Å². The number of nitrogens with one attached hydrogen (secondary N) is 1. The third kappa shape index (κ3) is 4.02. The summed E-state index contributed by atoms with van der Waals surface area (Å²) in [5.41, 5.74) is 0.630. The van der Waals surface area contributed by atoms with E-state index in [-0.39, 0.29) is 4.90 Å². The quantitative estimate of drug-likeness (QED) is 0.836. The van der Waals surface area contributed by atoms with Gasteiger partial charge in [-0.3, -0.25) is 0 Å². The summed E-state index contributed by atoms with van der Waals surface area (Å²) in [4.78, 5) is 4.10. The van der Waals surface area contributed by atoms with Gasteiger partial charge in [-0.1, -0.05) is 11.8 Å². The molecule has 1 N–H and O–H groups in total. The monoisotopic (exact) mass is 370 g/mol. The van der Waals surface area contributed by atoms with Crippen molar-refractivity contribution in [3.63, 3.8) is 0 Å². The maximum atomic E-state index is 14.1. The van der Waals surface area contributed by atoms with Gasteiger partial charge >= 0.3 is 0 Å². The van der Waals surface area contributed by atoms with Gasteiger partial charge in [0.1, 0.15) is 16.7 Å². The fourth-order valence-corrected chi connectivity index (χ4v) is 2.89. The van der Waals surface area contributed by atoms with Gasteiger partial charge in [-0.25, -0.2) is 13.8 Å². The molecule has 2 nitrogen and oxygen atoms in total. The second kappa shape index (κ2) is 6.42. The zero-order valence-electron chi connectivity index (χ0n) is 11.1. The fraction of sp³-hybridized carbons (Fsp3) is 0.267. The van der Waals surface area contributed by atoms with Crippen molar-refractivity contribution in [3.05, 3.63) is 52.1 Å². The van der Waals surface area contributed by atoms with Crippen LogP contribution in [-0.2, 0) is 6.54 Å². The van der Waals surface area contributed by atoms with Crippen LogP contribution in [0, 0.1) is 11.6 Å². The zero-order chi connectivity index (χ0) is 14.8. The summed E-state index contributed by atoms with van der Waals surface area (Å²) < 4.78 is 29.0. The van der Waals surface area contributed by atoms with Crippen LogP contribution >= 0.6 is 27.7 Å². The minimum atomic E-state index is -0.544. The lowest BCUT2D eigenvalue weighted by Crippen LogP contribution is -2.15. The van der Waals surface area contributed by atoms with Crippen LogP contribution in [0.15, 0.2) is 44.9 Å². The molecule has 0 saturated heterocycles. The molecule has 1 fully saturated rings. The van der Waals surface area contributed by atoms with Gasteiger partial charge in [0.25, 0.3) is 0 Å². The van der Waals surface area contributed by atoms with E-state index < -0.39 is 11.6 Å². The van der Waals surface area contributed by atoms with Crippen LogP contribution in [0.3, 0.4) is 0 Å². The van der Waals surface area contributed by atoms with E-state index >= 15 is 0 Å². The summed E-state index contributed by atoms with van der Waals surface area (Å²) in [6, 6.07) is 6.80. The molecule has 0 atom stereocenters. The van der Waals surface area contributed by atoms with Gasteiger partial charge in [0.05, 0.1) is 4.90 Å². The highest BCUT2D eigenvalue weighted by Crippen LogP contribution is 2.32. The van der Waals surface area contributed by atoms with Gasteiger partial charge in [-0.15, -0.1) is 0 Å². The average Bonchev–Trinajstić information content (AvgIpc) is 3.27. The molecule has 1 heterocycles. The Hall–Kier alpha value is -0.980. The summed E-state index contributed by atoms with van der Waals surface area (Å²) in [5, 5.41) is 3.80. The molecule has 110 valence electrons. The Balaban J connectivity index is 1.76. The molecule has 1 aromatic carbocycles. The molecule has 0 unspecified atom stereocenters. The topological polar surface area (TPSA) is 24.9 Å². The van der Waals surface area contributed by atoms with E-state index in [1.807, 2.05) is 0 Å². The van der Waals surface area contributed by atoms with Crippen molar-refractivity contribution in [2.45, 2.75) is 35.3 Å². The molecule has 0 spiro atoms. The van der Waals surface area contributed by atoms with E-state index in [0.29, 0.717) is 23.2 Å². The standard InChI is InChI=1S/C15H13BrF2N2S/c16-10-1-4-14(20-8-10)21-15-12(17)5-9(6-13(15)18)7-19-11-2-3-11/h1,4-6,8,11,19H,2-3,7H2. The number of nitrogens with zero attached hydrogens (tertiary/aromatic N) is 1. The Labute approximate surface area is 134 Å². The van der Waals surface area contributed by atoms with Gasteiger partial charge in [0.15, 0.2) is 0 Å². The largest absolute Gasteiger partial charge is 0.310 e. The van der Waals surface area contributed by atoms with Gasteiger partial charge in [0.2, 0.25) is 0 Å². The first-order valence-corrected chi connectivity index (χ1v) is 8.23. The second-order valence-corrected chi connectivity index (χ2v) is 6.91. The predicted molar refractivity (Wildman–Crippen MR) is 82.3 cm³/mol. The Kier molecular flexibility index (Phi) is 4.57. The Morgan fingerprint density at radius 1 is 1.24 bits per heavy atom. The maximum Gasteiger partial charge on any atom is 0.140 e. The number of aromatic nitrogens is 1. The molecule has 2 aromatic rings. The van der Waals surface area contributed by atoms with Crippen molar-refractivity contribution in [2.24, 2.45) is 0 Å². The molecule has 6 heteroatoms. The van der Waals surface area contributed by atoms with Crippen molar-refractivity contribution < 1.29 is 8.78 Å². The average molecular weight is 371 g/mol. The van der Waals surface area contributed by atoms with Crippen LogP contribution in [-0.4, -0.2) is 11.0 Å². The first-order chi connectivity index (χ1) is 10.1. The molecule has 0 amide bonds.